The summed E-state index contributed by atoms with van der Waals surface area (Å²) in [6.07, 6.45) is 1.31. The summed E-state index contributed by atoms with van der Waals surface area (Å²) in [6, 6.07) is 15.1. The van der Waals surface area contributed by atoms with Crippen molar-refractivity contribution < 1.29 is 23.8 Å². The zero-order chi connectivity index (χ0) is 18.9. The van der Waals surface area contributed by atoms with Crippen molar-refractivity contribution in [3.8, 4) is 23.3 Å². The van der Waals surface area contributed by atoms with Crippen LogP contribution < -0.4 is 19.9 Å². The fraction of sp³-hybridized carbons (Fsp3) is 0.105. The van der Waals surface area contributed by atoms with Gasteiger partial charge in [-0.1, -0.05) is 24.3 Å². The molecule has 132 valence electrons. The highest BCUT2D eigenvalue weighted by molar-refractivity contribution is 6.00. The Kier molecular flexibility index (Phi) is 6.34. The second-order valence-electron chi connectivity index (χ2n) is 5.02. The number of primary amides is 1. The van der Waals surface area contributed by atoms with Crippen LogP contribution in [0.25, 0.3) is 6.08 Å². The Morgan fingerprint density at radius 3 is 2.50 bits per heavy atom. The molecule has 0 aliphatic heterocycles. The van der Waals surface area contributed by atoms with Gasteiger partial charge in [-0.3, -0.25) is 4.79 Å². The Morgan fingerprint density at radius 2 is 1.88 bits per heavy atom. The van der Waals surface area contributed by atoms with Crippen molar-refractivity contribution in [1.29, 1.82) is 5.26 Å². The van der Waals surface area contributed by atoms with Gasteiger partial charge >= 0.3 is 5.97 Å². The van der Waals surface area contributed by atoms with Gasteiger partial charge in [0, 0.05) is 0 Å². The molecule has 26 heavy (non-hydrogen) atoms. The average Bonchev–Trinajstić information content (AvgIpc) is 2.66. The number of methoxy groups -OCH3 is 1. The molecule has 7 heteroatoms. The molecule has 0 spiro atoms. The van der Waals surface area contributed by atoms with Gasteiger partial charge in [-0.15, -0.1) is 0 Å². The molecule has 7 nitrogen and oxygen atoms in total. The van der Waals surface area contributed by atoms with E-state index in [2.05, 4.69) is 0 Å². The molecule has 0 unspecified atom stereocenters. The van der Waals surface area contributed by atoms with Crippen LogP contribution in [0, 0.1) is 11.3 Å². The molecular formula is C19H16N2O5. The minimum Gasteiger partial charge on any atom is -0.493 e. The van der Waals surface area contributed by atoms with E-state index >= 15 is 0 Å². The fourth-order valence-corrected chi connectivity index (χ4v) is 1.99. The molecule has 0 saturated heterocycles. The van der Waals surface area contributed by atoms with Gasteiger partial charge < -0.3 is 19.9 Å². The van der Waals surface area contributed by atoms with Crippen LogP contribution in [0.1, 0.15) is 5.56 Å². The second kappa shape index (κ2) is 8.89. The zero-order valence-corrected chi connectivity index (χ0v) is 14.0. The summed E-state index contributed by atoms with van der Waals surface area (Å²) in [5, 5.41) is 8.88. The first kappa shape index (κ1) is 18.5. The summed E-state index contributed by atoms with van der Waals surface area (Å²) in [6.45, 7) is -0.269. The number of nitrogens with two attached hydrogens (primary N) is 1. The number of carbonyl (C=O) groups excluding carboxylic acids is 2. The molecule has 0 aliphatic carbocycles. The number of ether oxygens (including phenoxy) is 3. The van der Waals surface area contributed by atoms with E-state index in [9.17, 15) is 9.59 Å². The van der Waals surface area contributed by atoms with Crippen molar-refractivity contribution >= 4 is 18.0 Å². The predicted molar refractivity (Wildman–Crippen MR) is 93.4 cm³/mol. The Hall–Kier alpha value is -3.79. The van der Waals surface area contributed by atoms with Crippen LogP contribution in [0.2, 0.25) is 0 Å². The quantitative estimate of drug-likeness (QED) is 0.353. The molecule has 2 N–H and O–H groups in total. The minimum atomic E-state index is -0.833. The van der Waals surface area contributed by atoms with E-state index in [1.807, 2.05) is 6.07 Å². The maximum atomic E-state index is 11.9. The van der Waals surface area contributed by atoms with E-state index in [0.717, 1.165) is 0 Å². The molecule has 0 heterocycles. The third-order valence-corrected chi connectivity index (χ3v) is 3.21. The molecule has 1 amide bonds. The lowest BCUT2D eigenvalue weighted by atomic mass is 10.1. The van der Waals surface area contributed by atoms with Crippen molar-refractivity contribution in [2.24, 2.45) is 5.73 Å². The molecule has 0 aliphatic rings. The number of nitriles is 1. The van der Waals surface area contributed by atoms with Crippen molar-refractivity contribution in [3.05, 3.63) is 59.7 Å². The van der Waals surface area contributed by atoms with E-state index in [-0.39, 0.29) is 23.7 Å². The third kappa shape index (κ3) is 5.11. The molecule has 0 bridgehead atoms. The Bertz CT molecular complexity index is 869. The number of rotatable bonds is 7. The van der Waals surface area contributed by atoms with Crippen LogP contribution in [0.4, 0.5) is 0 Å². The summed E-state index contributed by atoms with van der Waals surface area (Å²) in [5.41, 5.74) is 5.40. The van der Waals surface area contributed by atoms with Crippen molar-refractivity contribution in [3.63, 3.8) is 0 Å². The molecule has 2 aromatic carbocycles. The number of hydrogen-bond acceptors (Lipinski definition) is 6. The normalized spacial score (nSPS) is 10.5. The zero-order valence-electron chi connectivity index (χ0n) is 14.0. The Morgan fingerprint density at radius 1 is 1.15 bits per heavy atom. The highest BCUT2D eigenvalue weighted by Gasteiger charge is 2.12. The molecule has 0 saturated carbocycles. The smallest absolute Gasteiger partial charge is 0.349 e. The van der Waals surface area contributed by atoms with Crippen molar-refractivity contribution in [2.45, 2.75) is 0 Å². The largest absolute Gasteiger partial charge is 0.493 e. The maximum Gasteiger partial charge on any atom is 0.349 e. The topological polar surface area (TPSA) is 112 Å². The first-order valence-electron chi connectivity index (χ1n) is 7.51. The van der Waals surface area contributed by atoms with E-state index in [0.29, 0.717) is 11.3 Å². The average molecular weight is 352 g/mol. The third-order valence-electron chi connectivity index (χ3n) is 3.21. The first-order chi connectivity index (χ1) is 12.5. The van der Waals surface area contributed by atoms with Gasteiger partial charge in [0.1, 0.15) is 17.4 Å². The van der Waals surface area contributed by atoms with Gasteiger partial charge in [0.2, 0.25) is 0 Å². The van der Waals surface area contributed by atoms with E-state index < -0.39 is 11.9 Å². The molecule has 0 radical (unpaired) electrons. The number of benzene rings is 2. The van der Waals surface area contributed by atoms with Crippen LogP contribution in [-0.4, -0.2) is 25.6 Å². The van der Waals surface area contributed by atoms with Crippen LogP contribution in [0.5, 0.6) is 17.2 Å². The number of para-hydroxylation sites is 1. The van der Waals surface area contributed by atoms with E-state index in [4.69, 9.17) is 25.2 Å². The van der Waals surface area contributed by atoms with Gasteiger partial charge in [0.05, 0.1) is 7.11 Å². The predicted octanol–water partition coefficient (Wildman–Crippen LogP) is 2.07. The lowest BCUT2D eigenvalue weighted by Crippen LogP contribution is -2.18. The maximum absolute atomic E-state index is 11.9. The number of carbonyl (C=O) groups is 2. The second-order valence-corrected chi connectivity index (χ2v) is 5.02. The van der Waals surface area contributed by atoms with E-state index in [1.54, 1.807) is 36.4 Å². The number of amides is 1. The van der Waals surface area contributed by atoms with Crippen LogP contribution in [-0.2, 0) is 9.59 Å². The number of hydrogen-bond donors (Lipinski definition) is 1. The number of esters is 1. The molecule has 2 rings (SSSR count). The standard InChI is InChI=1S/C19H16N2O5/c1-24-17-10-13(9-14(11-20)19(21)23)7-8-16(17)26-18(22)12-25-15-5-3-2-4-6-15/h2-10H,12H2,1H3,(H2,21,23)/b14-9+. The van der Waals surface area contributed by atoms with Crippen LogP contribution in [0.3, 0.4) is 0 Å². The van der Waals surface area contributed by atoms with Crippen LogP contribution >= 0.6 is 0 Å². The highest BCUT2D eigenvalue weighted by atomic mass is 16.6. The number of nitrogens with zero attached hydrogens (tertiary/aromatic N) is 1. The summed E-state index contributed by atoms with van der Waals surface area (Å²) < 4.78 is 15.7. The summed E-state index contributed by atoms with van der Waals surface area (Å²) in [5.74, 6) is -0.449. The monoisotopic (exact) mass is 352 g/mol. The SMILES string of the molecule is COc1cc(/C=C(\C#N)C(N)=O)ccc1OC(=O)COc1ccccc1. The van der Waals surface area contributed by atoms with E-state index in [1.165, 1.54) is 25.3 Å². The van der Waals surface area contributed by atoms with Crippen LogP contribution in [0.15, 0.2) is 54.1 Å². The highest BCUT2D eigenvalue weighted by Crippen LogP contribution is 2.29. The molecule has 0 fully saturated rings. The Labute approximate surface area is 150 Å². The lowest BCUT2D eigenvalue weighted by Gasteiger charge is -2.10. The lowest BCUT2D eigenvalue weighted by molar-refractivity contribution is -0.136. The molecular weight excluding hydrogens is 336 g/mol. The summed E-state index contributed by atoms with van der Waals surface area (Å²) >= 11 is 0. The minimum absolute atomic E-state index is 0.184. The fourth-order valence-electron chi connectivity index (χ4n) is 1.99. The van der Waals surface area contributed by atoms with Crippen molar-refractivity contribution in [2.75, 3.05) is 13.7 Å². The molecule has 0 atom stereocenters. The van der Waals surface area contributed by atoms with Gasteiger partial charge in [-0.05, 0) is 35.9 Å². The van der Waals surface area contributed by atoms with Gasteiger partial charge in [-0.2, -0.15) is 5.26 Å². The van der Waals surface area contributed by atoms with Gasteiger partial charge in [0.15, 0.2) is 18.1 Å². The van der Waals surface area contributed by atoms with Crippen molar-refractivity contribution in [1.82, 2.24) is 0 Å². The van der Waals surface area contributed by atoms with Gasteiger partial charge in [-0.25, -0.2) is 4.79 Å². The molecule has 0 aromatic heterocycles. The molecule has 2 aromatic rings. The summed E-state index contributed by atoms with van der Waals surface area (Å²) in [7, 11) is 1.40. The van der Waals surface area contributed by atoms with Gasteiger partial charge in [0.25, 0.3) is 5.91 Å². The Balaban J connectivity index is 2.08. The first-order valence-corrected chi connectivity index (χ1v) is 7.51. The summed E-state index contributed by atoms with van der Waals surface area (Å²) in [4.78, 5) is 23.0.